The molecule has 128 valence electrons. The number of hydrogen-bond donors (Lipinski definition) is 1. The standard InChI is InChI=1S/C20H19ClN2O2/c1-4-14-7-5-6-8-16(14)23-19(24)17(21)18(20(23)25)22-15-10-9-12(2)13(3)11-15/h5-11,22H,4H2,1-3H3. The quantitative estimate of drug-likeness (QED) is 0.833. The van der Waals surface area contributed by atoms with Gasteiger partial charge in [0.25, 0.3) is 11.8 Å². The maximum Gasteiger partial charge on any atom is 0.283 e. The summed E-state index contributed by atoms with van der Waals surface area (Å²) >= 11 is 6.19. The maximum atomic E-state index is 12.9. The van der Waals surface area contributed by atoms with Crippen molar-refractivity contribution in [2.24, 2.45) is 0 Å². The van der Waals surface area contributed by atoms with E-state index in [1.807, 2.05) is 51.1 Å². The fourth-order valence-corrected chi connectivity index (χ4v) is 3.03. The van der Waals surface area contributed by atoms with E-state index < -0.39 is 11.8 Å². The zero-order valence-electron chi connectivity index (χ0n) is 14.4. The average Bonchev–Trinajstić information content (AvgIpc) is 2.81. The van der Waals surface area contributed by atoms with E-state index in [4.69, 9.17) is 11.6 Å². The summed E-state index contributed by atoms with van der Waals surface area (Å²) in [5.41, 5.74) is 4.57. The Morgan fingerprint density at radius 2 is 1.72 bits per heavy atom. The predicted molar refractivity (Wildman–Crippen MR) is 101 cm³/mol. The minimum atomic E-state index is -0.501. The van der Waals surface area contributed by atoms with Crippen LogP contribution in [0, 0.1) is 13.8 Å². The summed E-state index contributed by atoms with van der Waals surface area (Å²) in [5.74, 6) is -0.937. The van der Waals surface area contributed by atoms with Crippen LogP contribution in [0.1, 0.15) is 23.6 Å². The van der Waals surface area contributed by atoms with Crippen LogP contribution in [0.2, 0.25) is 0 Å². The third-order valence-corrected chi connectivity index (χ3v) is 4.77. The molecule has 1 aliphatic heterocycles. The monoisotopic (exact) mass is 354 g/mol. The summed E-state index contributed by atoms with van der Waals surface area (Å²) in [6.07, 6.45) is 0.713. The Bertz CT molecular complexity index is 902. The van der Waals surface area contributed by atoms with Crippen molar-refractivity contribution in [3.63, 3.8) is 0 Å². The Morgan fingerprint density at radius 1 is 1.00 bits per heavy atom. The van der Waals surface area contributed by atoms with E-state index in [9.17, 15) is 9.59 Å². The number of anilines is 2. The number of aryl methyl sites for hydroxylation is 3. The second kappa shape index (κ2) is 6.73. The van der Waals surface area contributed by atoms with Gasteiger partial charge in [-0.15, -0.1) is 0 Å². The Hall–Kier alpha value is -2.59. The zero-order valence-corrected chi connectivity index (χ0v) is 15.1. The Balaban J connectivity index is 1.95. The minimum Gasteiger partial charge on any atom is -0.350 e. The Morgan fingerprint density at radius 3 is 2.40 bits per heavy atom. The molecule has 25 heavy (non-hydrogen) atoms. The second-order valence-corrected chi connectivity index (χ2v) is 6.42. The van der Waals surface area contributed by atoms with E-state index in [0.717, 1.165) is 27.3 Å². The van der Waals surface area contributed by atoms with Crippen molar-refractivity contribution in [3.8, 4) is 0 Å². The lowest BCUT2D eigenvalue weighted by Gasteiger charge is -2.18. The van der Waals surface area contributed by atoms with Gasteiger partial charge in [-0.25, -0.2) is 4.90 Å². The number of para-hydroxylation sites is 1. The summed E-state index contributed by atoms with van der Waals surface area (Å²) in [4.78, 5) is 26.6. The maximum absolute atomic E-state index is 12.9. The fourth-order valence-electron chi connectivity index (χ4n) is 2.82. The van der Waals surface area contributed by atoms with Gasteiger partial charge in [0.15, 0.2) is 0 Å². The van der Waals surface area contributed by atoms with Crippen LogP contribution in [0.3, 0.4) is 0 Å². The molecule has 0 unspecified atom stereocenters. The third kappa shape index (κ3) is 3.05. The lowest BCUT2D eigenvalue weighted by molar-refractivity contribution is -0.120. The van der Waals surface area contributed by atoms with Gasteiger partial charge in [0, 0.05) is 5.69 Å². The molecule has 4 nitrogen and oxygen atoms in total. The summed E-state index contributed by atoms with van der Waals surface area (Å²) in [6, 6.07) is 13.1. The fraction of sp³-hybridized carbons (Fsp3) is 0.200. The highest BCUT2D eigenvalue weighted by atomic mass is 35.5. The molecule has 0 aromatic heterocycles. The third-order valence-electron chi connectivity index (χ3n) is 4.42. The molecule has 0 aliphatic carbocycles. The largest absolute Gasteiger partial charge is 0.350 e. The van der Waals surface area contributed by atoms with E-state index in [1.54, 1.807) is 12.1 Å². The molecule has 0 fully saturated rings. The molecule has 1 N–H and O–H groups in total. The van der Waals surface area contributed by atoms with E-state index in [2.05, 4.69) is 5.32 Å². The van der Waals surface area contributed by atoms with Crippen LogP contribution in [0.25, 0.3) is 0 Å². The molecule has 0 saturated carbocycles. The summed E-state index contributed by atoms with van der Waals surface area (Å²) in [5, 5.41) is 2.92. The van der Waals surface area contributed by atoms with E-state index >= 15 is 0 Å². The highest BCUT2D eigenvalue weighted by Gasteiger charge is 2.39. The number of carbonyl (C=O) groups is 2. The number of imide groups is 1. The molecule has 1 heterocycles. The molecule has 2 aromatic rings. The number of carbonyl (C=O) groups excluding carboxylic acids is 2. The van der Waals surface area contributed by atoms with E-state index in [1.165, 1.54) is 0 Å². The van der Waals surface area contributed by atoms with Gasteiger partial charge in [0.05, 0.1) is 5.69 Å². The van der Waals surface area contributed by atoms with E-state index in [0.29, 0.717) is 12.1 Å². The van der Waals surface area contributed by atoms with Gasteiger partial charge in [-0.2, -0.15) is 0 Å². The molecule has 2 aromatic carbocycles. The molecule has 0 atom stereocenters. The average molecular weight is 355 g/mol. The number of rotatable bonds is 4. The van der Waals surface area contributed by atoms with Gasteiger partial charge in [-0.3, -0.25) is 9.59 Å². The van der Waals surface area contributed by atoms with Crippen LogP contribution in [-0.2, 0) is 16.0 Å². The van der Waals surface area contributed by atoms with Crippen molar-refractivity contribution >= 4 is 34.8 Å². The molecule has 3 rings (SSSR count). The Labute approximate surface area is 152 Å². The van der Waals surface area contributed by atoms with E-state index in [-0.39, 0.29) is 10.7 Å². The molecule has 0 bridgehead atoms. The minimum absolute atomic E-state index is 0.0888. The van der Waals surface area contributed by atoms with Crippen LogP contribution in [0.4, 0.5) is 11.4 Å². The molecule has 1 aliphatic rings. The van der Waals surface area contributed by atoms with Crippen molar-refractivity contribution in [2.45, 2.75) is 27.2 Å². The van der Waals surface area contributed by atoms with Crippen molar-refractivity contribution in [1.82, 2.24) is 0 Å². The van der Waals surface area contributed by atoms with Crippen LogP contribution in [0.5, 0.6) is 0 Å². The molecule has 2 amide bonds. The first kappa shape index (κ1) is 17.2. The SMILES string of the molecule is CCc1ccccc1N1C(=O)C(Cl)=C(Nc2ccc(C)c(C)c2)C1=O. The molecular weight excluding hydrogens is 336 g/mol. The first-order chi connectivity index (χ1) is 11.9. The van der Waals surface area contributed by atoms with Crippen molar-refractivity contribution < 1.29 is 9.59 Å². The number of hydrogen-bond acceptors (Lipinski definition) is 3. The van der Waals surface area contributed by atoms with Crippen molar-refractivity contribution in [1.29, 1.82) is 0 Å². The highest BCUT2D eigenvalue weighted by Crippen LogP contribution is 2.32. The molecule has 5 heteroatoms. The summed E-state index contributed by atoms with van der Waals surface area (Å²) in [7, 11) is 0. The number of amides is 2. The number of nitrogens with one attached hydrogen (secondary N) is 1. The van der Waals surface area contributed by atoms with Crippen molar-refractivity contribution in [3.05, 3.63) is 69.9 Å². The van der Waals surface area contributed by atoms with Crippen molar-refractivity contribution in [2.75, 3.05) is 10.2 Å². The second-order valence-electron chi connectivity index (χ2n) is 6.04. The van der Waals surface area contributed by atoms with Gasteiger partial charge in [-0.1, -0.05) is 42.8 Å². The molecule has 0 saturated heterocycles. The molecule has 0 spiro atoms. The van der Waals surface area contributed by atoms with Gasteiger partial charge < -0.3 is 5.32 Å². The smallest absolute Gasteiger partial charge is 0.283 e. The number of benzene rings is 2. The first-order valence-electron chi connectivity index (χ1n) is 8.14. The van der Waals surface area contributed by atoms with Gasteiger partial charge in [-0.05, 0) is 55.2 Å². The van der Waals surface area contributed by atoms with Gasteiger partial charge in [0.1, 0.15) is 10.7 Å². The normalized spacial score (nSPS) is 14.5. The topological polar surface area (TPSA) is 49.4 Å². The van der Waals surface area contributed by atoms with Crippen LogP contribution < -0.4 is 10.2 Å². The zero-order chi connectivity index (χ0) is 18.1. The lowest BCUT2D eigenvalue weighted by atomic mass is 10.1. The Kier molecular flexibility index (Phi) is 4.64. The predicted octanol–water partition coefficient (Wildman–Crippen LogP) is 4.30. The van der Waals surface area contributed by atoms with Crippen LogP contribution >= 0.6 is 11.6 Å². The first-order valence-corrected chi connectivity index (χ1v) is 8.52. The highest BCUT2D eigenvalue weighted by molar-refractivity contribution is 6.53. The van der Waals surface area contributed by atoms with Gasteiger partial charge >= 0.3 is 0 Å². The lowest BCUT2D eigenvalue weighted by Crippen LogP contribution is -2.33. The van der Waals surface area contributed by atoms with Crippen LogP contribution in [-0.4, -0.2) is 11.8 Å². The molecular formula is C20H19ClN2O2. The summed E-state index contributed by atoms with van der Waals surface area (Å²) < 4.78 is 0. The molecule has 0 radical (unpaired) electrons. The number of halogens is 1. The number of nitrogens with zero attached hydrogens (tertiary/aromatic N) is 1. The summed E-state index contributed by atoms with van der Waals surface area (Å²) in [6.45, 7) is 5.98. The van der Waals surface area contributed by atoms with Gasteiger partial charge in [0.2, 0.25) is 0 Å². The van der Waals surface area contributed by atoms with Crippen LogP contribution in [0.15, 0.2) is 53.2 Å².